The summed E-state index contributed by atoms with van der Waals surface area (Å²) >= 11 is 0. The van der Waals surface area contributed by atoms with Crippen LogP contribution in [-0.2, 0) is 22.6 Å². The van der Waals surface area contributed by atoms with E-state index < -0.39 is 0 Å². The van der Waals surface area contributed by atoms with Crippen LogP contribution < -0.4 is 15.4 Å². The lowest BCUT2D eigenvalue weighted by Gasteiger charge is -2.19. The first-order chi connectivity index (χ1) is 12.7. The Hall–Kier alpha value is -2.37. The maximum atomic E-state index is 11.5. The molecule has 0 spiro atoms. The third kappa shape index (κ3) is 7.25. The van der Waals surface area contributed by atoms with Gasteiger partial charge in [0.15, 0.2) is 0 Å². The van der Waals surface area contributed by atoms with E-state index >= 15 is 0 Å². The van der Waals surface area contributed by atoms with Gasteiger partial charge < -0.3 is 14.8 Å². The quantitative estimate of drug-likeness (QED) is 0.608. The van der Waals surface area contributed by atoms with E-state index in [2.05, 4.69) is 22.8 Å². The molecule has 2 aromatic carbocycles. The van der Waals surface area contributed by atoms with Gasteiger partial charge in [0, 0.05) is 26.1 Å². The summed E-state index contributed by atoms with van der Waals surface area (Å²) < 4.78 is 10.9. The molecular weight excluding hydrogens is 328 g/mol. The van der Waals surface area contributed by atoms with Gasteiger partial charge in [-0.3, -0.25) is 10.1 Å². The van der Waals surface area contributed by atoms with Gasteiger partial charge in [-0.15, -0.1) is 0 Å². The van der Waals surface area contributed by atoms with E-state index in [1.807, 2.05) is 49.4 Å². The average molecular weight is 356 g/mol. The molecular formula is C21H28N2O3. The predicted molar refractivity (Wildman–Crippen MR) is 103 cm³/mol. The van der Waals surface area contributed by atoms with E-state index in [4.69, 9.17) is 9.47 Å². The van der Waals surface area contributed by atoms with Crippen LogP contribution in [0.1, 0.15) is 24.5 Å². The van der Waals surface area contributed by atoms with Gasteiger partial charge >= 0.3 is 0 Å². The van der Waals surface area contributed by atoms with Crippen LogP contribution in [0.15, 0.2) is 54.6 Å². The number of ether oxygens (including phenoxy) is 2. The lowest BCUT2D eigenvalue weighted by atomic mass is 10.1. The summed E-state index contributed by atoms with van der Waals surface area (Å²) in [6.07, 6.45) is 1.29. The van der Waals surface area contributed by atoms with Crippen LogP contribution >= 0.6 is 0 Å². The Labute approximate surface area is 155 Å². The number of hydrogen-bond donors (Lipinski definition) is 2. The maximum Gasteiger partial charge on any atom is 0.219 e. The molecule has 5 heteroatoms. The fraction of sp³-hybridized carbons (Fsp3) is 0.381. The van der Waals surface area contributed by atoms with E-state index in [1.54, 1.807) is 7.11 Å². The monoisotopic (exact) mass is 356 g/mol. The molecule has 0 saturated heterocycles. The number of carbonyl (C=O) groups is 1. The van der Waals surface area contributed by atoms with Crippen LogP contribution in [0.5, 0.6) is 5.75 Å². The summed E-state index contributed by atoms with van der Waals surface area (Å²) in [5.74, 6) is 0.900. The highest BCUT2D eigenvalue weighted by Crippen LogP contribution is 2.15. The van der Waals surface area contributed by atoms with Crippen LogP contribution in [0.25, 0.3) is 0 Å². The van der Waals surface area contributed by atoms with Crippen LogP contribution in [0.2, 0.25) is 0 Å². The maximum absolute atomic E-state index is 11.5. The molecule has 2 aromatic rings. The third-order valence-corrected chi connectivity index (χ3v) is 4.04. The fourth-order valence-corrected chi connectivity index (χ4v) is 2.53. The molecule has 5 nitrogen and oxygen atoms in total. The molecule has 1 amide bonds. The second kappa shape index (κ2) is 11.3. The lowest BCUT2D eigenvalue weighted by molar-refractivity contribution is -0.120. The van der Waals surface area contributed by atoms with Crippen molar-refractivity contribution in [3.8, 4) is 5.75 Å². The SMILES string of the molecule is CCC(=O)NC[C@H](Cc1ccc(OCc2ccccc2)cc1)NCOC. The normalized spacial score (nSPS) is 11.8. The number of rotatable bonds is 11. The summed E-state index contributed by atoms with van der Waals surface area (Å²) in [5.41, 5.74) is 2.32. The molecule has 0 aliphatic carbocycles. The van der Waals surface area contributed by atoms with Gasteiger partial charge in [-0.25, -0.2) is 0 Å². The molecule has 2 rings (SSSR count). The zero-order chi connectivity index (χ0) is 18.6. The summed E-state index contributed by atoms with van der Waals surface area (Å²) in [5, 5.41) is 6.22. The first kappa shape index (κ1) is 19.9. The van der Waals surface area contributed by atoms with Crippen molar-refractivity contribution in [2.45, 2.75) is 32.4 Å². The van der Waals surface area contributed by atoms with E-state index in [0.717, 1.165) is 17.7 Å². The van der Waals surface area contributed by atoms with Crippen molar-refractivity contribution in [3.63, 3.8) is 0 Å². The Morgan fingerprint density at radius 3 is 2.42 bits per heavy atom. The molecule has 1 atom stereocenters. The zero-order valence-corrected chi connectivity index (χ0v) is 15.5. The minimum atomic E-state index is 0.0545. The Morgan fingerprint density at radius 1 is 1.04 bits per heavy atom. The second-order valence-corrected chi connectivity index (χ2v) is 6.11. The smallest absolute Gasteiger partial charge is 0.219 e. The number of hydrogen-bond acceptors (Lipinski definition) is 4. The minimum Gasteiger partial charge on any atom is -0.489 e. The van der Waals surface area contributed by atoms with Crippen LogP contribution in [0.4, 0.5) is 0 Å². The molecule has 2 N–H and O–H groups in total. The molecule has 0 unspecified atom stereocenters. The number of nitrogens with one attached hydrogen (secondary N) is 2. The summed E-state index contributed by atoms with van der Waals surface area (Å²) in [7, 11) is 1.65. The van der Waals surface area contributed by atoms with Crippen molar-refractivity contribution in [2.24, 2.45) is 0 Å². The number of amides is 1. The van der Waals surface area contributed by atoms with Gasteiger partial charge in [0.1, 0.15) is 12.4 Å². The van der Waals surface area contributed by atoms with Gasteiger partial charge in [0.05, 0.1) is 6.73 Å². The first-order valence-corrected chi connectivity index (χ1v) is 8.96. The molecule has 0 bridgehead atoms. The number of methoxy groups -OCH3 is 1. The van der Waals surface area contributed by atoms with E-state index in [9.17, 15) is 4.79 Å². The average Bonchev–Trinajstić information content (AvgIpc) is 2.70. The highest BCUT2D eigenvalue weighted by Gasteiger charge is 2.10. The molecule has 0 fully saturated rings. The summed E-state index contributed by atoms with van der Waals surface area (Å²) in [6.45, 7) is 3.43. The van der Waals surface area contributed by atoms with Gasteiger partial charge in [0.25, 0.3) is 0 Å². The molecule has 140 valence electrons. The second-order valence-electron chi connectivity index (χ2n) is 6.11. The van der Waals surface area contributed by atoms with Crippen molar-refractivity contribution in [2.75, 3.05) is 20.4 Å². The zero-order valence-electron chi connectivity index (χ0n) is 15.5. The molecule has 26 heavy (non-hydrogen) atoms. The molecule has 0 radical (unpaired) electrons. The van der Waals surface area contributed by atoms with Gasteiger partial charge in [-0.05, 0) is 29.7 Å². The van der Waals surface area contributed by atoms with Crippen molar-refractivity contribution in [1.82, 2.24) is 10.6 Å². The Bertz CT molecular complexity index is 644. The predicted octanol–water partition coefficient (Wildman–Crippen LogP) is 2.90. The van der Waals surface area contributed by atoms with E-state index in [-0.39, 0.29) is 11.9 Å². The fourth-order valence-electron chi connectivity index (χ4n) is 2.53. The molecule has 0 saturated carbocycles. The number of carbonyl (C=O) groups excluding carboxylic acids is 1. The molecule has 0 heterocycles. The van der Waals surface area contributed by atoms with Crippen LogP contribution in [0, 0.1) is 0 Å². The topological polar surface area (TPSA) is 59.6 Å². The highest BCUT2D eigenvalue weighted by atomic mass is 16.5. The number of benzene rings is 2. The van der Waals surface area contributed by atoms with Crippen LogP contribution in [-0.4, -0.2) is 32.3 Å². The third-order valence-electron chi connectivity index (χ3n) is 4.04. The molecule has 0 aliphatic heterocycles. The first-order valence-electron chi connectivity index (χ1n) is 8.96. The van der Waals surface area contributed by atoms with Crippen LogP contribution in [0.3, 0.4) is 0 Å². The van der Waals surface area contributed by atoms with Gasteiger partial charge in [0.2, 0.25) is 5.91 Å². The summed E-state index contributed by atoms with van der Waals surface area (Å²) in [4.78, 5) is 11.5. The van der Waals surface area contributed by atoms with Gasteiger partial charge in [-0.2, -0.15) is 0 Å². The lowest BCUT2D eigenvalue weighted by Crippen LogP contribution is -2.42. The minimum absolute atomic E-state index is 0.0545. The Morgan fingerprint density at radius 2 is 1.77 bits per heavy atom. The molecule has 0 aromatic heterocycles. The summed E-state index contributed by atoms with van der Waals surface area (Å²) in [6, 6.07) is 18.3. The largest absolute Gasteiger partial charge is 0.489 e. The van der Waals surface area contributed by atoms with Crippen molar-refractivity contribution >= 4 is 5.91 Å². The van der Waals surface area contributed by atoms with E-state index in [0.29, 0.717) is 26.3 Å². The Kier molecular flexibility index (Phi) is 8.66. The van der Waals surface area contributed by atoms with E-state index in [1.165, 1.54) is 5.56 Å². The standard InChI is InChI=1S/C21H28N2O3/c1-3-21(24)22-14-19(23-16-25-2)13-17-9-11-20(12-10-17)26-15-18-7-5-4-6-8-18/h4-12,19,23H,3,13-16H2,1-2H3,(H,22,24)/t19-/m0/s1. The van der Waals surface area contributed by atoms with Crippen molar-refractivity contribution in [3.05, 3.63) is 65.7 Å². The van der Waals surface area contributed by atoms with Gasteiger partial charge in [-0.1, -0.05) is 49.4 Å². The highest BCUT2D eigenvalue weighted by molar-refractivity contribution is 5.75. The van der Waals surface area contributed by atoms with Crippen molar-refractivity contribution < 1.29 is 14.3 Å². The molecule has 0 aliphatic rings. The Balaban J connectivity index is 1.86. The van der Waals surface area contributed by atoms with Crippen molar-refractivity contribution in [1.29, 1.82) is 0 Å².